The van der Waals surface area contributed by atoms with Crippen molar-refractivity contribution in [2.75, 3.05) is 10.6 Å². The van der Waals surface area contributed by atoms with Gasteiger partial charge >= 0.3 is 0 Å². The van der Waals surface area contributed by atoms with Crippen LogP contribution in [0.3, 0.4) is 0 Å². The van der Waals surface area contributed by atoms with Gasteiger partial charge in [0.15, 0.2) is 0 Å². The van der Waals surface area contributed by atoms with Gasteiger partial charge in [-0.05, 0) is 49.9 Å². The summed E-state index contributed by atoms with van der Waals surface area (Å²) in [4.78, 5) is 15.0. The van der Waals surface area contributed by atoms with Crippen LogP contribution < -0.4 is 10.6 Å². The van der Waals surface area contributed by atoms with E-state index in [-0.39, 0.29) is 11.9 Å². The van der Waals surface area contributed by atoms with Crippen LogP contribution in [0.15, 0.2) is 42.5 Å². The molecule has 1 unspecified atom stereocenters. The molecular weight excluding hydrogens is 260 g/mol. The van der Waals surface area contributed by atoms with Gasteiger partial charge in [-0.2, -0.15) is 0 Å². The first kappa shape index (κ1) is 13.7. The van der Waals surface area contributed by atoms with E-state index in [0.29, 0.717) is 11.3 Å². The highest BCUT2D eigenvalue weighted by Crippen LogP contribution is 2.33. The maximum Gasteiger partial charge on any atom is 0.260 e. The van der Waals surface area contributed by atoms with Crippen molar-refractivity contribution in [3.8, 4) is 0 Å². The molecule has 0 saturated heterocycles. The highest BCUT2D eigenvalue weighted by Gasteiger charge is 2.30. The monoisotopic (exact) mass is 280 g/mol. The van der Waals surface area contributed by atoms with Crippen LogP contribution in [0.2, 0.25) is 0 Å². The first-order valence-electron chi connectivity index (χ1n) is 7.36. The fourth-order valence-electron chi connectivity index (χ4n) is 3.10. The largest absolute Gasteiger partial charge is 0.398 e. The van der Waals surface area contributed by atoms with E-state index in [4.69, 9.17) is 5.73 Å². The second kappa shape index (κ2) is 5.24. The molecule has 1 aliphatic rings. The summed E-state index contributed by atoms with van der Waals surface area (Å²) in [6.45, 7) is 4.03. The number of amides is 1. The molecule has 3 heteroatoms. The molecule has 1 heterocycles. The van der Waals surface area contributed by atoms with Crippen LogP contribution in [-0.4, -0.2) is 11.9 Å². The quantitative estimate of drug-likeness (QED) is 0.812. The second-order valence-electron chi connectivity index (χ2n) is 5.73. The molecule has 1 aliphatic heterocycles. The number of hydrogen-bond acceptors (Lipinski definition) is 2. The normalized spacial score (nSPS) is 17.4. The van der Waals surface area contributed by atoms with Crippen molar-refractivity contribution in [1.29, 1.82) is 0 Å². The van der Waals surface area contributed by atoms with Crippen molar-refractivity contribution in [2.45, 2.75) is 32.7 Å². The van der Waals surface area contributed by atoms with Crippen molar-refractivity contribution in [1.82, 2.24) is 0 Å². The van der Waals surface area contributed by atoms with E-state index in [1.165, 1.54) is 5.56 Å². The number of nitrogen functional groups attached to an aromatic ring is 1. The summed E-state index contributed by atoms with van der Waals surface area (Å²) in [7, 11) is 0. The molecule has 3 rings (SSSR count). The lowest BCUT2D eigenvalue weighted by atomic mass is 9.95. The summed E-state index contributed by atoms with van der Waals surface area (Å²) < 4.78 is 0. The average Bonchev–Trinajstić information content (AvgIpc) is 2.46. The molecule has 3 nitrogen and oxygen atoms in total. The molecule has 0 bridgehead atoms. The lowest BCUT2D eigenvalue weighted by molar-refractivity contribution is 0.0975. The Balaban J connectivity index is 2.09. The fraction of sp³-hybridized carbons (Fsp3) is 0.278. The molecule has 2 aromatic rings. The summed E-state index contributed by atoms with van der Waals surface area (Å²) in [5.41, 5.74) is 10.4. The van der Waals surface area contributed by atoms with E-state index in [1.807, 2.05) is 42.2 Å². The number of nitrogens with two attached hydrogens (primary N) is 1. The van der Waals surface area contributed by atoms with Crippen molar-refractivity contribution < 1.29 is 4.79 Å². The highest BCUT2D eigenvalue weighted by molar-refractivity contribution is 6.11. The molecule has 108 valence electrons. The summed E-state index contributed by atoms with van der Waals surface area (Å²) in [6.07, 6.45) is 2.00. The van der Waals surface area contributed by atoms with Crippen LogP contribution in [0.1, 0.15) is 34.8 Å². The lowest BCUT2D eigenvalue weighted by Gasteiger charge is -2.35. The van der Waals surface area contributed by atoms with Gasteiger partial charge in [0.1, 0.15) is 0 Å². The van der Waals surface area contributed by atoms with Gasteiger partial charge in [-0.1, -0.05) is 30.3 Å². The van der Waals surface area contributed by atoms with Crippen LogP contribution in [0.5, 0.6) is 0 Å². The molecule has 2 aromatic carbocycles. The zero-order valence-electron chi connectivity index (χ0n) is 12.5. The van der Waals surface area contributed by atoms with Crippen molar-refractivity contribution in [2.24, 2.45) is 0 Å². The molecular formula is C18H20N2O. The molecule has 0 radical (unpaired) electrons. The highest BCUT2D eigenvalue weighted by atomic mass is 16.2. The number of aryl methyl sites for hydroxylation is 2. The lowest BCUT2D eigenvalue weighted by Crippen LogP contribution is -2.42. The Kier molecular flexibility index (Phi) is 3.42. The topological polar surface area (TPSA) is 46.3 Å². The molecule has 0 aliphatic carbocycles. The van der Waals surface area contributed by atoms with Gasteiger partial charge in [0.25, 0.3) is 5.91 Å². The molecule has 2 N–H and O–H groups in total. The molecule has 1 amide bonds. The number of benzene rings is 2. The maximum absolute atomic E-state index is 13.1. The van der Waals surface area contributed by atoms with E-state index in [0.717, 1.165) is 24.1 Å². The summed E-state index contributed by atoms with van der Waals surface area (Å²) in [5, 5.41) is 0. The van der Waals surface area contributed by atoms with E-state index in [1.54, 1.807) is 6.07 Å². The van der Waals surface area contributed by atoms with Gasteiger partial charge in [-0.3, -0.25) is 4.79 Å². The fourth-order valence-corrected chi connectivity index (χ4v) is 3.10. The van der Waals surface area contributed by atoms with Gasteiger partial charge in [-0.15, -0.1) is 0 Å². The molecule has 0 aromatic heterocycles. The SMILES string of the molecule is Cc1cccc(N)c1C(=O)N1c2ccccc2CCC1C. The van der Waals surface area contributed by atoms with Gasteiger partial charge < -0.3 is 10.6 Å². The smallest absolute Gasteiger partial charge is 0.260 e. The summed E-state index contributed by atoms with van der Waals surface area (Å²) in [5.74, 6) is 0.00486. The van der Waals surface area contributed by atoms with Gasteiger partial charge in [-0.25, -0.2) is 0 Å². The number of rotatable bonds is 1. The Bertz CT molecular complexity index is 673. The van der Waals surface area contributed by atoms with Crippen LogP contribution in [0.25, 0.3) is 0 Å². The third-order valence-corrected chi connectivity index (χ3v) is 4.26. The van der Waals surface area contributed by atoms with Crippen LogP contribution in [0, 0.1) is 6.92 Å². The minimum absolute atomic E-state index is 0.00486. The Hall–Kier alpha value is -2.29. The summed E-state index contributed by atoms with van der Waals surface area (Å²) in [6, 6.07) is 13.9. The number of anilines is 2. The predicted molar refractivity (Wildman–Crippen MR) is 86.6 cm³/mol. The van der Waals surface area contributed by atoms with Crippen LogP contribution in [-0.2, 0) is 6.42 Å². The molecule has 0 spiro atoms. The Morgan fingerprint density at radius 2 is 1.95 bits per heavy atom. The Labute approximate surface area is 125 Å². The number of hydrogen-bond donors (Lipinski definition) is 1. The van der Waals surface area contributed by atoms with Gasteiger partial charge in [0, 0.05) is 17.4 Å². The average molecular weight is 280 g/mol. The molecule has 1 atom stereocenters. The molecule has 21 heavy (non-hydrogen) atoms. The number of nitrogens with zero attached hydrogens (tertiary/aromatic N) is 1. The van der Waals surface area contributed by atoms with Crippen molar-refractivity contribution in [3.63, 3.8) is 0 Å². The minimum atomic E-state index is 0.00486. The Morgan fingerprint density at radius 3 is 2.71 bits per heavy atom. The van der Waals surface area contributed by atoms with E-state index in [2.05, 4.69) is 13.0 Å². The summed E-state index contributed by atoms with van der Waals surface area (Å²) >= 11 is 0. The minimum Gasteiger partial charge on any atom is -0.398 e. The number of carbonyl (C=O) groups excluding carboxylic acids is 1. The van der Waals surface area contributed by atoms with E-state index in [9.17, 15) is 4.79 Å². The predicted octanol–water partition coefficient (Wildman–Crippen LogP) is 3.56. The van der Waals surface area contributed by atoms with Crippen LogP contribution in [0.4, 0.5) is 11.4 Å². The standard InChI is InChI=1S/C18H20N2O/c1-12-6-5-8-15(19)17(12)18(21)20-13(2)10-11-14-7-3-4-9-16(14)20/h3-9,13H,10-11,19H2,1-2H3. The molecule has 0 fully saturated rings. The van der Waals surface area contributed by atoms with Gasteiger partial charge in [0.2, 0.25) is 0 Å². The number of para-hydroxylation sites is 1. The van der Waals surface area contributed by atoms with Crippen molar-refractivity contribution >= 4 is 17.3 Å². The first-order chi connectivity index (χ1) is 10.1. The van der Waals surface area contributed by atoms with Crippen molar-refractivity contribution in [3.05, 3.63) is 59.2 Å². The Morgan fingerprint density at radius 1 is 1.19 bits per heavy atom. The molecule has 0 saturated carbocycles. The zero-order chi connectivity index (χ0) is 15.0. The number of fused-ring (bicyclic) bond motifs is 1. The zero-order valence-corrected chi connectivity index (χ0v) is 12.5. The van der Waals surface area contributed by atoms with E-state index < -0.39 is 0 Å². The van der Waals surface area contributed by atoms with E-state index >= 15 is 0 Å². The first-order valence-corrected chi connectivity index (χ1v) is 7.36. The number of carbonyl (C=O) groups is 1. The maximum atomic E-state index is 13.1. The third kappa shape index (κ3) is 2.29. The third-order valence-electron chi connectivity index (χ3n) is 4.26. The van der Waals surface area contributed by atoms with Gasteiger partial charge in [0.05, 0.1) is 5.56 Å². The van der Waals surface area contributed by atoms with Crippen LogP contribution >= 0.6 is 0 Å². The second-order valence-corrected chi connectivity index (χ2v) is 5.73.